The second-order valence-electron chi connectivity index (χ2n) is 6.06. The second-order valence-corrected chi connectivity index (χ2v) is 6.47. The third-order valence-corrected chi connectivity index (χ3v) is 4.14. The van der Waals surface area contributed by atoms with Crippen molar-refractivity contribution in [3.63, 3.8) is 0 Å². The number of hydrogen-bond acceptors (Lipinski definition) is 5. The molecule has 0 aliphatic heterocycles. The number of benzene rings is 2. The van der Waals surface area contributed by atoms with Gasteiger partial charge in [0, 0.05) is 11.3 Å². The van der Waals surface area contributed by atoms with Gasteiger partial charge in [-0.05, 0) is 67.2 Å². The zero-order valence-corrected chi connectivity index (χ0v) is 16.1. The number of nitrogens with one attached hydrogen (secondary N) is 2. The standard InChI is InChI=1S/C21H20N2O4S/c1-14-11-15(7-9-18(14)19-10-8-17(12-24)27-19)22-21(28)23-20(25)13-26-16-5-3-2-4-6-16/h2-11,24H,12-13H2,1H3,(H2,22,23,25,28). The van der Waals surface area contributed by atoms with Crippen LogP contribution < -0.4 is 15.4 Å². The number of aliphatic hydroxyl groups excluding tert-OH is 1. The molecule has 0 atom stereocenters. The Bertz CT molecular complexity index is 970. The number of anilines is 1. The Balaban J connectivity index is 1.55. The van der Waals surface area contributed by atoms with E-state index in [2.05, 4.69) is 10.6 Å². The lowest BCUT2D eigenvalue weighted by molar-refractivity contribution is -0.121. The van der Waals surface area contributed by atoms with Crippen LogP contribution in [0.2, 0.25) is 0 Å². The number of ether oxygens (including phenoxy) is 1. The van der Waals surface area contributed by atoms with Crippen LogP contribution in [0.25, 0.3) is 11.3 Å². The Morgan fingerprint density at radius 1 is 1.14 bits per heavy atom. The molecule has 0 saturated heterocycles. The molecular weight excluding hydrogens is 376 g/mol. The highest BCUT2D eigenvalue weighted by Crippen LogP contribution is 2.27. The Morgan fingerprint density at radius 2 is 1.93 bits per heavy atom. The minimum absolute atomic E-state index is 0.129. The Hall–Kier alpha value is -3.16. The molecule has 3 N–H and O–H groups in total. The number of aryl methyl sites for hydroxylation is 1. The maximum absolute atomic E-state index is 12.0. The summed E-state index contributed by atoms with van der Waals surface area (Å²) in [6.45, 7) is 1.67. The summed E-state index contributed by atoms with van der Waals surface area (Å²) >= 11 is 5.19. The number of furan rings is 1. The summed E-state index contributed by atoms with van der Waals surface area (Å²) in [7, 11) is 0. The number of carbonyl (C=O) groups is 1. The number of thiocarbonyl (C=S) groups is 1. The zero-order valence-electron chi connectivity index (χ0n) is 15.3. The molecular formula is C21H20N2O4S. The van der Waals surface area contributed by atoms with Crippen molar-refractivity contribution in [2.45, 2.75) is 13.5 Å². The van der Waals surface area contributed by atoms with Gasteiger partial charge in [-0.15, -0.1) is 0 Å². The Morgan fingerprint density at radius 3 is 2.61 bits per heavy atom. The second kappa shape index (κ2) is 9.16. The van der Waals surface area contributed by atoms with Gasteiger partial charge in [-0.2, -0.15) is 0 Å². The lowest BCUT2D eigenvalue weighted by atomic mass is 10.1. The van der Waals surface area contributed by atoms with Gasteiger partial charge in [-0.1, -0.05) is 18.2 Å². The number of hydrogen-bond donors (Lipinski definition) is 3. The van der Waals surface area contributed by atoms with Crippen LogP contribution in [-0.4, -0.2) is 22.7 Å². The number of rotatable bonds is 6. The van der Waals surface area contributed by atoms with E-state index in [9.17, 15) is 4.79 Å². The molecule has 1 amide bonds. The number of para-hydroxylation sites is 1. The highest BCUT2D eigenvalue weighted by molar-refractivity contribution is 7.80. The SMILES string of the molecule is Cc1cc(NC(=S)NC(=O)COc2ccccc2)ccc1-c1ccc(CO)o1. The zero-order chi connectivity index (χ0) is 19.9. The van der Waals surface area contributed by atoms with Gasteiger partial charge in [-0.3, -0.25) is 10.1 Å². The average Bonchev–Trinajstić information content (AvgIpc) is 3.16. The lowest BCUT2D eigenvalue weighted by Gasteiger charge is -2.12. The molecule has 0 spiro atoms. The van der Waals surface area contributed by atoms with Gasteiger partial charge < -0.3 is 19.6 Å². The Labute approximate surface area is 168 Å². The molecule has 0 bridgehead atoms. The van der Waals surface area contributed by atoms with E-state index in [1.165, 1.54) is 0 Å². The molecule has 144 valence electrons. The lowest BCUT2D eigenvalue weighted by Crippen LogP contribution is -2.37. The van der Waals surface area contributed by atoms with Crippen LogP contribution in [0.3, 0.4) is 0 Å². The van der Waals surface area contributed by atoms with Crippen LogP contribution in [-0.2, 0) is 11.4 Å². The third-order valence-electron chi connectivity index (χ3n) is 3.93. The van der Waals surface area contributed by atoms with E-state index in [1.54, 1.807) is 18.2 Å². The van der Waals surface area contributed by atoms with Crippen LogP contribution in [0.15, 0.2) is 65.1 Å². The molecule has 1 aromatic heterocycles. The first kappa shape index (κ1) is 19.6. The molecule has 0 unspecified atom stereocenters. The fourth-order valence-electron chi connectivity index (χ4n) is 2.62. The van der Waals surface area contributed by atoms with Gasteiger partial charge in [0.1, 0.15) is 23.9 Å². The molecule has 1 heterocycles. The van der Waals surface area contributed by atoms with Crippen molar-refractivity contribution in [2.75, 3.05) is 11.9 Å². The Kier molecular flexibility index (Phi) is 6.41. The maximum Gasteiger partial charge on any atom is 0.264 e. The summed E-state index contributed by atoms with van der Waals surface area (Å²) in [5.74, 6) is 1.46. The van der Waals surface area contributed by atoms with Crippen LogP contribution in [0, 0.1) is 6.92 Å². The minimum atomic E-state index is -0.346. The van der Waals surface area contributed by atoms with Crippen LogP contribution in [0.4, 0.5) is 5.69 Å². The molecule has 3 rings (SSSR count). The quantitative estimate of drug-likeness (QED) is 0.552. The molecule has 3 aromatic rings. The van der Waals surface area contributed by atoms with E-state index in [4.69, 9.17) is 26.5 Å². The molecule has 0 aliphatic rings. The predicted molar refractivity (Wildman–Crippen MR) is 111 cm³/mol. The van der Waals surface area contributed by atoms with Crippen LogP contribution >= 0.6 is 12.2 Å². The van der Waals surface area contributed by atoms with E-state index < -0.39 is 0 Å². The average molecular weight is 396 g/mol. The molecule has 0 aliphatic carbocycles. The number of carbonyl (C=O) groups excluding carboxylic acids is 1. The summed E-state index contributed by atoms with van der Waals surface area (Å²) in [4.78, 5) is 12.0. The fraction of sp³-hybridized carbons (Fsp3) is 0.143. The molecule has 2 aromatic carbocycles. The third kappa shape index (κ3) is 5.18. The molecule has 0 radical (unpaired) electrons. The summed E-state index contributed by atoms with van der Waals surface area (Å²) in [5.41, 5.74) is 2.62. The van der Waals surface area contributed by atoms with Gasteiger partial charge in [0.15, 0.2) is 11.7 Å². The van der Waals surface area contributed by atoms with E-state index in [-0.39, 0.29) is 24.2 Å². The first-order valence-corrected chi connectivity index (χ1v) is 9.05. The maximum atomic E-state index is 12.0. The highest BCUT2D eigenvalue weighted by Gasteiger charge is 2.10. The van der Waals surface area contributed by atoms with E-state index >= 15 is 0 Å². The highest BCUT2D eigenvalue weighted by atomic mass is 32.1. The normalized spacial score (nSPS) is 10.4. The predicted octanol–water partition coefficient (Wildman–Crippen LogP) is 3.64. The van der Waals surface area contributed by atoms with Crippen LogP contribution in [0.1, 0.15) is 11.3 Å². The molecule has 0 fully saturated rings. The van der Waals surface area contributed by atoms with Crippen molar-refractivity contribution in [1.82, 2.24) is 5.32 Å². The van der Waals surface area contributed by atoms with E-state index in [0.29, 0.717) is 17.3 Å². The summed E-state index contributed by atoms with van der Waals surface area (Å²) < 4.78 is 11.0. The molecule has 7 heteroatoms. The number of amides is 1. The summed E-state index contributed by atoms with van der Waals surface area (Å²) in [6, 6.07) is 18.3. The first-order valence-electron chi connectivity index (χ1n) is 8.64. The smallest absolute Gasteiger partial charge is 0.264 e. The topological polar surface area (TPSA) is 83.7 Å². The monoisotopic (exact) mass is 396 g/mol. The van der Waals surface area contributed by atoms with Gasteiger partial charge in [0.05, 0.1) is 0 Å². The minimum Gasteiger partial charge on any atom is -0.484 e. The first-order chi connectivity index (χ1) is 13.5. The van der Waals surface area contributed by atoms with Crippen molar-refractivity contribution in [2.24, 2.45) is 0 Å². The van der Waals surface area contributed by atoms with Crippen molar-refractivity contribution < 1.29 is 19.1 Å². The van der Waals surface area contributed by atoms with Gasteiger partial charge >= 0.3 is 0 Å². The van der Waals surface area contributed by atoms with Crippen molar-refractivity contribution in [1.29, 1.82) is 0 Å². The van der Waals surface area contributed by atoms with Crippen molar-refractivity contribution in [3.05, 3.63) is 72.0 Å². The van der Waals surface area contributed by atoms with Crippen molar-refractivity contribution >= 4 is 28.9 Å². The van der Waals surface area contributed by atoms with Crippen molar-refractivity contribution in [3.8, 4) is 17.1 Å². The summed E-state index contributed by atoms with van der Waals surface area (Å²) in [6.07, 6.45) is 0. The van der Waals surface area contributed by atoms with Gasteiger partial charge in [0.2, 0.25) is 0 Å². The molecule has 6 nitrogen and oxygen atoms in total. The van der Waals surface area contributed by atoms with E-state index in [0.717, 1.165) is 16.8 Å². The molecule has 0 saturated carbocycles. The van der Waals surface area contributed by atoms with E-state index in [1.807, 2.05) is 49.4 Å². The van der Waals surface area contributed by atoms with Crippen LogP contribution in [0.5, 0.6) is 5.75 Å². The number of aliphatic hydroxyl groups is 1. The molecule has 28 heavy (non-hydrogen) atoms. The largest absolute Gasteiger partial charge is 0.484 e. The van der Waals surface area contributed by atoms with Gasteiger partial charge in [0.25, 0.3) is 5.91 Å². The van der Waals surface area contributed by atoms with Gasteiger partial charge in [-0.25, -0.2) is 0 Å². The fourth-order valence-corrected chi connectivity index (χ4v) is 2.85. The summed E-state index contributed by atoms with van der Waals surface area (Å²) in [5, 5.41) is 14.9.